The monoisotopic (exact) mass is 383 g/mol. The van der Waals surface area contributed by atoms with Gasteiger partial charge in [0, 0.05) is 57.7 Å². The van der Waals surface area contributed by atoms with E-state index >= 15 is 0 Å². The lowest BCUT2D eigenvalue weighted by molar-refractivity contribution is 0.726. The Labute approximate surface area is 168 Å². The molecule has 0 aliphatic carbocycles. The molecule has 2 N–H and O–H groups in total. The van der Waals surface area contributed by atoms with Gasteiger partial charge in [-0.2, -0.15) is 5.10 Å². The van der Waals surface area contributed by atoms with Gasteiger partial charge in [0.25, 0.3) is 0 Å². The average molecular weight is 384 g/mol. The van der Waals surface area contributed by atoms with E-state index < -0.39 is 0 Å². The van der Waals surface area contributed by atoms with E-state index in [0.717, 1.165) is 36.1 Å². The number of rotatable bonds is 5. The van der Waals surface area contributed by atoms with E-state index in [-0.39, 0.29) is 0 Å². The van der Waals surface area contributed by atoms with Gasteiger partial charge < -0.3 is 15.5 Å². The highest BCUT2D eigenvalue weighted by Gasteiger charge is 2.12. The van der Waals surface area contributed by atoms with Crippen LogP contribution in [0.25, 0.3) is 0 Å². The number of nitrogens with zero attached hydrogens (tertiary/aromatic N) is 5. The average Bonchev–Trinajstić information content (AvgIpc) is 2.90. The molecule has 1 aliphatic heterocycles. The Hall–Kier alpha value is -2.57. The first-order chi connectivity index (χ1) is 13.6. The molecule has 2 aromatic heterocycles. The first-order valence-corrected chi connectivity index (χ1v) is 10.2. The number of hydrogen-bond acceptors (Lipinski definition) is 4. The molecular formula is C21H33N7. The number of pyridine rings is 1. The maximum absolute atomic E-state index is 4.68. The second-order valence-electron chi connectivity index (χ2n) is 7.48. The van der Waals surface area contributed by atoms with Crippen molar-refractivity contribution in [2.45, 2.75) is 52.6 Å². The highest BCUT2D eigenvalue weighted by Crippen LogP contribution is 2.17. The Bertz CT molecular complexity index is 784. The molecule has 28 heavy (non-hydrogen) atoms. The first-order valence-electron chi connectivity index (χ1n) is 10.2. The van der Waals surface area contributed by atoms with E-state index in [0.29, 0.717) is 13.1 Å². The Kier molecular flexibility index (Phi) is 6.90. The van der Waals surface area contributed by atoms with Gasteiger partial charge in [0.1, 0.15) is 5.82 Å². The van der Waals surface area contributed by atoms with E-state index in [9.17, 15) is 0 Å². The van der Waals surface area contributed by atoms with Crippen molar-refractivity contribution < 1.29 is 0 Å². The molecule has 152 valence electrons. The number of aliphatic imine (C=N–C) groups is 1. The van der Waals surface area contributed by atoms with Crippen molar-refractivity contribution in [2.75, 3.05) is 25.0 Å². The highest BCUT2D eigenvalue weighted by molar-refractivity contribution is 5.79. The Morgan fingerprint density at radius 3 is 2.36 bits per heavy atom. The number of aryl methyl sites for hydroxylation is 2. The molecule has 1 fully saturated rings. The predicted molar refractivity (Wildman–Crippen MR) is 115 cm³/mol. The quantitative estimate of drug-likeness (QED) is 0.614. The summed E-state index contributed by atoms with van der Waals surface area (Å²) in [6.45, 7) is 7.76. The number of nitrogens with one attached hydrogen (secondary N) is 2. The number of aromatic nitrogens is 3. The minimum absolute atomic E-state index is 0.692. The van der Waals surface area contributed by atoms with Crippen LogP contribution in [0.4, 0.5) is 5.82 Å². The topological polar surface area (TPSA) is 70.4 Å². The van der Waals surface area contributed by atoms with Crippen LogP contribution in [0.3, 0.4) is 0 Å². The lowest BCUT2D eigenvalue weighted by Gasteiger charge is -2.21. The van der Waals surface area contributed by atoms with Gasteiger partial charge in [-0.05, 0) is 38.3 Å². The minimum atomic E-state index is 0.692. The largest absolute Gasteiger partial charge is 0.357 e. The summed E-state index contributed by atoms with van der Waals surface area (Å²) in [6, 6.07) is 4.30. The molecule has 2 aromatic rings. The van der Waals surface area contributed by atoms with Gasteiger partial charge in [-0.1, -0.05) is 18.9 Å². The van der Waals surface area contributed by atoms with Crippen LogP contribution in [0.15, 0.2) is 23.3 Å². The lowest BCUT2D eigenvalue weighted by Crippen LogP contribution is -2.36. The molecule has 0 unspecified atom stereocenters. The molecule has 3 rings (SSSR count). The van der Waals surface area contributed by atoms with E-state index in [2.05, 4.69) is 49.7 Å². The number of guanidine groups is 1. The van der Waals surface area contributed by atoms with E-state index in [1.807, 2.05) is 24.9 Å². The molecule has 0 aromatic carbocycles. The third-order valence-corrected chi connectivity index (χ3v) is 5.51. The summed E-state index contributed by atoms with van der Waals surface area (Å²) in [4.78, 5) is 11.4. The number of hydrogen-bond donors (Lipinski definition) is 2. The van der Waals surface area contributed by atoms with Crippen LogP contribution >= 0.6 is 0 Å². The van der Waals surface area contributed by atoms with E-state index in [4.69, 9.17) is 0 Å². The SMILES string of the molecule is CN=C(NCc1ccc(N2CCCCCC2)nc1)NCc1c(C)nn(C)c1C. The highest BCUT2D eigenvalue weighted by atomic mass is 15.3. The molecule has 0 bridgehead atoms. The molecular weight excluding hydrogens is 350 g/mol. The summed E-state index contributed by atoms with van der Waals surface area (Å²) in [5, 5.41) is 11.2. The van der Waals surface area contributed by atoms with Crippen LogP contribution in [0.2, 0.25) is 0 Å². The minimum Gasteiger partial charge on any atom is -0.357 e. The second kappa shape index (κ2) is 9.57. The molecule has 0 saturated carbocycles. The molecule has 0 amide bonds. The van der Waals surface area contributed by atoms with Gasteiger partial charge >= 0.3 is 0 Å². The van der Waals surface area contributed by atoms with Crippen LogP contribution in [-0.2, 0) is 20.1 Å². The maximum Gasteiger partial charge on any atom is 0.191 e. The van der Waals surface area contributed by atoms with Crippen LogP contribution in [0.1, 0.15) is 48.2 Å². The summed E-state index contributed by atoms with van der Waals surface area (Å²) < 4.78 is 1.92. The smallest absolute Gasteiger partial charge is 0.191 e. The van der Waals surface area contributed by atoms with Gasteiger partial charge in [0.2, 0.25) is 0 Å². The molecule has 1 saturated heterocycles. The van der Waals surface area contributed by atoms with Crippen molar-refractivity contribution in [2.24, 2.45) is 12.0 Å². The summed E-state index contributed by atoms with van der Waals surface area (Å²) in [5.74, 6) is 1.87. The van der Waals surface area contributed by atoms with E-state index in [1.165, 1.54) is 36.9 Å². The predicted octanol–water partition coefficient (Wildman–Crippen LogP) is 2.68. The van der Waals surface area contributed by atoms with Gasteiger partial charge in [-0.3, -0.25) is 9.67 Å². The molecule has 7 nitrogen and oxygen atoms in total. The van der Waals surface area contributed by atoms with E-state index in [1.54, 1.807) is 7.05 Å². The summed E-state index contributed by atoms with van der Waals surface area (Å²) in [7, 11) is 3.76. The lowest BCUT2D eigenvalue weighted by atomic mass is 10.2. The van der Waals surface area contributed by atoms with Crippen molar-refractivity contribution in [3.05, 3.63) is 40.8 Å². The van der Waals surface area contributed by atoms with Gasteiger partial charge in [0.15, 0.2) is 5.96 Å². The van der Waals surface area contributed by atoms with Crippen LogP contribution in [0.5, 0.6) is 0 Å². The van der Waals surface area contributed by atoms with Crippen LogP contribution in [-0.4, -0.2) is 40.9 Å². The van der Waals surface area contributed by atoms with Gasteiger partial charge in [-0.15, -0.1) is 0 Å². The van der Waals surface area contributed by atoms with Gasteiger partial charge in [-0.25, -0.2) is 4.98 Å². The number of anilines is 1. The van der Waals surface area contributed by atoms with Crippen molar-refractivity contribution in [3.8, 4) is 0 Å². The third-order valence-electron chi connectivity index (χ3n) is 5.51. The van der Waals surface area contributed by atoms with Crippen LogP contribution in [0, 0.1) is 13.8 Å². The standard InChI is InChI=1S/C21H33N7/c1-16-19(17(2)27(4)26-16)15-25-21(22-3)24-14-18-9-10-20(23-13-18)28-11-7-5-6-8-12-28/h9-10,13H,5-8,11-12,14-15H2,1-4H3,(H2,22,24,25). The zero-order chi connectivity index (χ0) is 19.9. The summed E-state index contributed by atoms with van der Waals surface area (Å²) >= 11 is 0. The van der Waals surface area contributed by atoms with Crippen molar-refractivity contribution in [3.63, 3.8) is 0 Å². The second-order valence-corrected chi connectivity index (χ2v) is 7.48. The Balaban J connectivity index is 1.52. The zero-order valence-electron chi connectivity index (χ0n) is 17.6. The first kappa shape index (κ1) is 20.2. The zero-order valence-corrected chi connectivity index (χ0v) is 17.6. The van der Waals surface area contributed by atoms with Crippen molar-refractivity contribution in [1.29, 1.82) is 0 Å². The van der Waals surface area contributed by atoms with Crippen molar-refractivity contribution >= 4 is 11.8 Å². The molecule has 1 aliphatic rings. The van der Waals surface area contributed by atoms with Gasteiger partial charge in [0.05, 0.1) is 5.69 Å². The molecule has 0 radical (unpaired) electrons. The van der Waals surface area contributed by atoms with Crippen molar-refractivity contribution in [1.82, 2.24) is 25.4 Å². The van der Waals surface area contributed by atoms with Crippen LogP contribution < -0.4 is 15.5 Å². The molecule has 7 heteroatoms. The maximum atomic E-state index is 4.68. The molecule has 0 atom stereocenters. The summed E-state index contributed by atoms with van der Waals surface area (Å²) in [6.07, 6.45) is 7.17. The Morgan fingerprint density at radius 2 is 1.79 bits per heavy atom. The molecule has 3 heterocycles. The normalized spacial score (nSPS) is 15.4. The third kappa shape index (κ3) is 5.03. The fraction of sp³-hybridized carbons (Fsp3) is 0.571. The summed E-state index contributed by atoms with van der Waals surface area (Å²) in [5.41, 5.74) is 4.59. The fourth-order valence-corrected chi connectivity index (χ4v) is 3.66. The molecule has 0 spiro atoms. The fourth-order valence-electron chi connectivity index (χ4n) is 3.66. The Morgan fingerprint density at radius 1 is 1.07 bits per heavy atom.